The first kappa shape index (κ1) is 12.3. The lowest BCUT2D eigenvalue weighted by molar-refractivity contribution is 0.144. The SMILES string of the molecule is CCOc1cncc(C2(F)CCCNCC2)c1. The average Bonchev–Trinajstić information content (AvgIpc) is 2.56. The fraction of sp³-hybridized carbons (Fsp3) is 0.615. The minimum absolute atomic E-state index is 0.504. The van der Waals surface area contributed by atoms with E-state index in [-0.39, 0.29) is 0 Å². The molecule has 0 amide bonds. The van der Waals surface area contributed by atoms with E-state index in [0.717, 1.165) is 19.5 Å². The maximum absolute atomic E-state index is 14.8. The van der Waals surface area contributed by atoms with Crippen LogP contribution >= 0.6 is 0 Å². The number of nitrogens with zero attached hydrogens (tertiary/aromatic N) is 1. The van der Waals surface area contributed by atoms with Gasteiger partial charge in [-0.15, -0.1) is 0 Å². The summed E-state index contributed by atoms with van der Waals surface area (Å²) in [5.41, 5.74) is -0.615. The van der Waals surface area contributed by atoms with Crippen molar-refractivity contribution in [3.63, 3.8) is 0 Å². The molecule has 0 saturated carbocycles. The monoisotopic (exact) mass is 238 g/mol. The van der Waals surface area contributed by atoms with E-state index in [1.165, 1.54) is 0 Å². The van der Waals surface area contributed by atoms with Gasteiger partial charge in [0, 0.05) is 11.8 Å². The molecule has 2 heterocycles. The number of hydrogen-bond donors (Lipinski definition) is 1. The van der Waals surface area contributed by atoms with Gasteiger partial charge in [-0.2, -0.15) is 0 Å². The smallest absolute Gasteiger partial charge is 0.138 e. The number of rotatable bonds is 3. The molecule has 1 fully saturated rings. The third-order valence-electron chi connectivity index (χ3n) is 3.17. The maximum Gasteiger partial charge on any atom is 0.138 e. The van der Waals surface area contributed by atoms with Crippen LogP contribution in [0.4, 0.5) is 4.39 Å². The molecule has 1 aliphatic heterocycles. The molecular weight excluding hydrogens is 219 g/mol. The first-order valence-corrected chi connectivity index (χ1v) is 6.22. The summed E-state index contributed by atoms with van der Waals surface area (Å²) in [5.74, 6) is 0.652. The van der Waals surface area contributed by atoms with Crippen LogP contribution in [0.1, 0.15) is 31.7 Å². The molecule has 4 heteroatoms. The summed E-state index contributed by atoms with van der Waals surface area (Å²) in [4.78, 5) is 4.07. The van der Waals surface area contributed by atoms with Crippen LogP contribution in [0.15, 0.2) is 18.5 Å². The Morgan fingerprint density at radius 1 is 1.41 bits per heavy atom. The Balaban J connectivity index is 2.21. The molecule has 17 heavy (non-hydrogen) atoms. The number of pyridine rings is 1. The maximum atomic E-state index is 14.8. The van der Waals surface area contributed by atoms with E-state index in [0.29, 0.717) is 30.8 Å². The van der Waals surface area contributed by atoms with E-state index in [1.807, 2.05) is 6.92 Å². The van der Waals surface area contributed by atoms with Crippen molar-refractivity contribution in [2.45, 2.75) is 31.9 Å². The number of alkyl halides is 1. The van der Waals surface area contributed by atoms with E-state index in [9.17, 15) is 4.39 Å². The Kier molecular flexibility index (Phi) is 3.94. The van der Waals surface area contributed by atoms with Crippen LogP contribution < -0.4 is 10.1 Å². The third-order valence-corrected chi connectivity index (χ3v) is 3.17. The Hall–Kier alpha value is -1.16. The summed E-state index contributed by atoms with van der Waals surface area (Å²) in [6, 6.07) is 1.78. The Bertz CT molecular complexity index is 362. The lowest BCUT2D eigenvalue weighted by Crippen LogP contribution is -2.22. The summed E-state index contributed by atoms with van der Waals surface area (Å²) in [6.07, 6.45) is 5.16. The highest BCUT2D eigenvalue weighted by Crippen LogP contribution is 2.36. The van der Waals surface area contributed by atoms with Gasteiger partial charge in [-0.3, -0.25) is 4.98 Å². The van der Waals surface area contributed by atoms with Gasteiger partial charge >= 0.3 is 0 Å². The molecule has 0 radical (unpaired) electrons. The molecule has 1 N–H and O–H groups in total. The van der Waals surface area contributed by atoms with E-state index in [4.69, 9.17) is 4.74 Å². The van der Waals surface area contributed by atoms with Gasteiger partial charge < -0.3 is 10.1 Å². The quantitative estimate of drug-likeness (QED) is 0.878. The fourth-order valence-electron chi connectivity index (χ4n) is 2.23. The lowest BCUT2D eigenvalue weighted by Gasteiger charge is -2.23. The summed E-state index contributed by atoms with van der Waals surface area (Å²) in [5, 5.41) is 3.22. The van der Waals surface area contributed by atoms with Gasteiger partial charge in [-0.05, 0) is 45.3 Å². The standard InChI is InChI=1S/C13H19FN2O/c1-2-17-12-8-11(9-16-10-12)13(14)4-3-6-15-7-5-13/h8-10,15H,2-7H2,1H3. The van der Waals surface area contributed by atoms with Crippen molar-refractivity contribution >= 4 is 0 Å². The predicted octanol–water partition coefficient (Wildman–Crippen LogP) is 2.42. The molecule has 1 saturated heterocycles. The van der Waals surface area contributed by atoms with Gasteiger partial charge in [-0.1, -0.05) is 0 Å². The van der Waals surface area contributed by atoms with E-state index >= 15 is 0 Å². The molecule has 1 aromatic rings. The Labute approximate surface area is 101 Å². The van der Waals surface area contributed by atoms with E-state index in [1.54, 1.807) is 18.5 Å². The van der Waals surface area contributed by atoms with E-state index in [2.05, 4.69) is 10.3 Å². The van der Waals surface area contributed by atoms with Crippen LogP contribution in [0.25, 0.3) is 0 Å². The van der Waals surface area contributed by atoms with Crippen molar-refractivity contribution in [1.29, 1.82) is 0 Å². The van der Waals surface area contributed by atoms with Crippen LogP contribution in [-0.4, -0.2) is 24.7 Å². The van der Waals surface area contributed by atoms with Crippen molar-refractivity contribution in [3.8, 4) is 5.75 Å². The molecule has 1 atom stereocenters. The zero-order valence-electron chi connectivity index (χ0n) is 10.2. The van der Waals surface area contributed by atoms with Gasteiger partial charge in [-0.25, -0.2) is 4.39 Å². The molecule has 0 bridgehead atoms. The second-order valence-electron chi connectivity index (χ2n) is 4.41. The summed E-state index contributed by atoms with van der Waals surface area (Å²) in [7, 11) is 0. The van der Waals surface area contributed by atoms with Gasteiger partial charge in [0.15, 0.2) is 0 Å². The molecule has 94 valence electrons. The minimum atomic E-state index is -1.26. The van der Waals surface area contributed by atoms with Crippen LogP contribution in [-0.2, 0) is 5.67 Å². The van der Waals surface area contributed by atoms with E-state index < -0.39 is 5.67 Å². The zero-order valence-corrected chi connectivity index (χ0v) is 10.2. The van der Waals surface area contributed by atoms with Crippen molar-refractivity contribution in [2.24, 2.45) is 0 Å². The first-order chi connectivity index (χ1) is 8.24. The van der Waals surface area contributed by atoms with Crippen molar-refractivity contribution in [3.05, 3.63) is 24.0 Å². The normalized spacial score (nSPS) is 25.3. The predicted molar refractivity (Wildman–Crippen MR) is 64.9 cm³/mol. The summed E-state index contributed by atoms with van der Waals surface area (Å²) in [6.45, 7) is 4.10. The number of ether oxygens (including phenoxy) is 1. The molecule has 3 nitrogen and oxygen atoms in total. The largest absolute Gasteiger partial charge is 0.492 e. The third kappa shape index (κ3) is 2.94. The van der Waals surface area contributed by atoms with Gasteiger partial charge in [0.05, 0.1) is 12.8 Å². The van der Waals surface area contributed by atoms with Gasteiger partial charge in [0.1, 0.15) is 11.4 Å². The summed E-state index contributed by atoms with van der Waals surface area (Å²) < 4.78 is 20.2. The van der Waals surface area contributed by atoms with Crippen molar-refractivity contribution in [1.82, 2.24) is 10.3 Å². The first-order valence-electron chi connectivity index (χ1n) is 6.22. The highest BCUT2D eigenvalue weighted by Gasteiger charge is 2.33. The van der Waals surface area contributed by atoms with Crippen LogP contribution in [0.3, 0.4) is 0 Å². The van der Waals surface area contributed by atoms with Crippen LogP contribution in [0, 0.1) is 0 Å². The molecule has 1 aromatic heterocycles. The highest BCUT2D eigenvalue weighted by molar-refractivity contribution is 5.28. The fourth-order valence-corrected chi connectivity index (χ4v) is 2.23. The minimum Gasteiger partial charge on any atom is -0.492 e. The summed E-state index contributed by atoms with van der Waals surface area (Å²) >= 11 is 0. The molecular formula is C13H19FN2O. The Morgan fingerprint density at radius 2 is 2.29 bits per heavy atom. The lowest BCUT2D eigenvalue weighted by atomic mass is 9.90. The molecule has 2 rings (SSSR count). The second-order valence-corrected chi connectivity index (χ2v) is 4.41. The molecule has 1 aliphatic rings. The molecule has 0 aromatic carbocycles. The van der Waals surface area contributed by atoms with Crippen LogP contribution in [0.2, 0.25) is 0 Å². The Morgan fingerprint density at radius 3 is 3.12 bits per heavy atom. The average molecular weight is 238 g/mol. The number of hydrogen-bond acceptors (Lipinski definition) is 3. The zero-order chi connectivity index (χ0) is 12.1. The van der Waals surface area contributed by atoms with Crippen molar-refractivity contribution in [2.75, 3.05) is 19.7 Å². The number of nitrogens with one attached hydrogen (secondary N) is 1. The van der Waals surface area contributed by atoms with Gasteiger partial charge in [0.25, 0.3) is 0 Å². The molecule has 0 aliphatic carbocycles. The van der Waals surface area contributed by atoms with Crippen LogP contribution in [0.5, 0.6) is 5.75 Å². The topological polar surface area (TPSA) is 34.1 Å². The molecule has 0 spiro atoms. The number of halogens is 1. The van der Waals surface area contributed by atoms with Crippen molar-refractivity contribution < 1.29 is 9.13 Å². The van der Waals surface area contributed by atoms with Gasteiger partial charge in [0.2, 0.25) is 0 Å². The number of aromatic nitrogens is 1. The highest BCUT2D eigenvalue weighted by atomic mass is 19.1. The molecule has 1 unspecified atom stereocenters. The second kappa shape index (κ2) is 5.45.